The number of ether oxygens (including phenoxy) is 1. The number of rotatable bonds is 6. The fraction of sp³-hybridized carbons (Fsp3) is 0.667. The SMILES string of the molecule is CCCNc1ncc(C(=O)O)c(NC2CCCN(C(=O)OC(C)(C)C)C2)n1. The van der Waals surface area contributed by atoms with Gasteiger partial charge in [0.2, 0.25) is 5.95 Å². The van der Waals surface area contributed by atoms with E-state index in [4.69, 9.17) is 4.74 Å². The number of piperidine rings is 1. The summed E-state index contributed by atoms with van der Waals surface area (Å²) < 4.78 is 5.43. The highest BCUT2D eigenvalue weighted by Gasteiger charge is 2.28. The Morgan fingerprint density at radius 2 is 2.15 bits per heavy atom. The highest BCUT2D eigenvalue weighted by molar-refractivity contribution is 5.93. The third kappa shape index (κ3) is 6.26. The van der Waals surface area contributed by atoms with Gasteiger partial charge in [0.15, 0.2) is 0 Å². The number of hydrogen-bond donors (Lipinski definition) is 3. The number of likely N-dealkylation sites (tertiary alicyclic amines) is 1. The first-order chi connectivity index (χ1) is 12.7. The van der Waals surface area contributed by atoms with Gasteiger partial charge in [-0.15, -0.1) is 0 Å². The van der Waals surface area contributed by atoms with E-state index in [0.29, 0.717) is 25.6 Å². The summed E-state index contributed by atoms with van der Waals surface area (Å²) in [4.78, 5) is 33.8. The van der Waals surface area contributed by atoms with Gasteiger partial charge in [0.05, 0.1) is 0 Å². The van der Waals surface area contributed by atoms with E-state index in [1.165, 1.54) is 6.20 Å². The van der Waals surface area contributed by atoms with Gasteiger partial charge in [-0.3, -0.25) is 0 Å². The first-order valence-electron chi connectivity index (χ1n) is 9.28. The summed E-state index contributed by atoms with van der Waals surface area (Å²) in [6.07, 6.45) is 3.44. The van der Waals surface area contributed by atoms with Crippen LogP contribution in [0.15, 0.2) is 6.20 Å². The van der Waals surface area contributed by atoms with E-state index in [9.17, 15) is 14.7 Å². The highest BCUT2D eigenvalue weighted by atomic mass is 16.6. The van der Waals surface area contributed by atoms with E-state index in [1.54, 1.807) is 4.90 Å². The number of carbonyl (C=O) groups is 2. The standard InChI is InChI=1S/C18H29N5O4/c1-5-8-19-16-20-10-13(15(24)25)14(22-16)21-12-7-6-9-23(11-12)17(26)27-18(2,3)4/h10,12H,5-9,11H2,1-4H3,(H,24,25)(H2,19,20,21,22). The lowest BCUT2D eigenvalue weighted by Gasteiger charge is -2.34. The average Bonchev–Trinajstić information content (AvgIpc) is 2.58. The van der Waals surface area contributed by atoms with Gasteiger partial charge in [0.1, 0.15) is 17.0 Å². The molecule has 3 N–H and O–H groups in total. The Morgan fingerprint density at radius 1 is 1.41 bits per heavy atom. The second-order valence-electron chi connectivity index (χ2n) is 7.60. The molecule has 1 aromatic rings. The molecule has 27 heavy (non-hydrogen) atoms. The van der Waals surface area contributed by atoms with Gasteiger partial charge < -0.3 is 25.4 Å². The molecule has 2 rings (SSSR count). The number of nitrogens with one attached hydrogen (secondary N) is 2. The normalized spacial score (nSPS) is 17.3. The Morgan fingerprint density at radius 3 is 2.78 bits per heavy atom. The lowest BCUT2D eigenvalue weighted by atomic mass is 10.1. The first-order valence-corrected chi connectivity index (χ1v) is 9.28. The summed E-state index contributed by atoms with van der Waals surface area (Å²) in [6, 6.07) is -0.113. The minimum absolute atomic E-state index is 0.00596. The summed E-state index contributed by atoms with van der Waals surface area (Å²) >= 11 is 0. The number of amides is 1. The lowest BCUT2D eigenvalue weighted by Crippen LogP contribution is -2.47. The Labute approximate surface area is 159 Å². The highest BCUT2D eigenvalue weighted by Crippen LogP contribution is 2.21. The molecular weight excluding hydrogens is 350 g/mol. The van der Waals surface area contributed by atoms with Crippen LogP contribution in [0.25, 0.3) is 0 Å². The van der Waals surface area contributed by atoms with E-state index in [2.05, 4.69) is 20.6 Å². The molecule has 0 radical (unpaired) electrons. The van der Waals surface area contributed by atoms with Crippen molar-refractivity contribution in [3.05, 3.63) is 11.8 Å². The van der Waals surface area contributed by atoms with Crippen LogP contribution in [0.4, 0.5) is 16.6 Å². The van der Waals surface area contributed by atoms with Gasteiger partial charge in [0, 0.05) is 31.9 Å². The second kappa shape index (κ2) is 8.88. The van der Waals surface area contributed by atoms with Crippen LogP contribution in [0.3, 0.4) is 0 Å². The van der Waals surface area contributed by atoms with Crippen molar-refractivity contribution in [1.82, 2.24) is 14.9 Å². The van der Waals surface area contributed by atoms with Crippen LogP contribution < -0.4 is 10.6 Å². The molecule has 0 bridgehead atoms. The molecule has 0 aliphatic carbocycles. The van der Waals surface area contributed by atoms with Crippen molar-refractivity contribution in [1.29, 1.82) is 0 Å². The van der Waals surface area contributed by atoms with E-state index < -0.39 is 11.6 Å². The smallest absolute Gasteiger partial charge is 0.410 e. The zero-order valence-corrected chi connectivity index (χ0v) is 16.4. The molecule has 0 saturated carbocycles. The van der Waals surface area contributed by atoms with Crippen molar-refractivity contribution in [2.75, 3.05) is 30.3 Å². The summed E-state index contributed by atoms with van der Waals surface area (Å²) in [7, 11) is 0. The van der Waals surface area contributed by atoms with Crippen LogP contribution in [0.1, 0.15) is 57.3 Å². The largest absolute Gasteiger partial charge is 0.477 e. The van der Waals surface area contributed by atoms with Crippen molar-refractivity contribution < 1.29 is 19.4 Å². The van der Waals surface area contributed by atoms with Crippen LogP contribution in [0.2, 0.25) is 0 Å². The van der Waals surface area contributed by atoms with Crippen LogP contribution >= 0.6 is 0 Å². The average molecular weight is 379 g/mol. The lowest BCUT2D eigenvalue weighted by molar-refractivity contribution is 0.0206. The molecule has 1 aliphatic heterocycles. The summed E-state index contributed by atoms with van der Waals surface area (Å²) in [5.74, 6) is -0.462. The van der Waals surface area contributed by atoms with Crippen molar-refractivity contribution in [3.8, 4) is 0 Å². The molecule has 1 saturated heterocycles. The van der Waals surface area contributed by atoms with E-state index in [0.717, 1.165) is 19.3 Å². The van der Waals surface area contributed by atoms with Gasteiger partial charge in [0.25, 0.3) is 0 Å². The molecular formula is C18H29N5O4. The number of hydrogen-bond acceptors (Lipinski definition) is 7. The molecule has 1 unspecified atom stereocenters. The quantitative estimate of drug-likeness (QED) is 0.691. The molecule has 1 aliphatic rings. The molecule has 2 heterocycles. The second-order valence-corrected chi connectivity index (χ2v) is 7.60. The predicted molar refractivity (Wildman–Crippen MR) is 102 cm³/mol. The van der Waals surface area contributed by atoms with Crippen LogP contribution in [0, 0.1) is 0 Å². The summed E-state index contributed by atoms with van der Waals surface area (Å²) in [5.41, 5.74) is -0.549. The zero-order valence-electron chi connectivity index (χ0n) is 16.4. The van der Waals surface area contributed by atoms with Gasteiger partial charge in [-0.05, 0) is 40.0 Å². The van der Waals surface area contributed by atoms with E-state index in [1.807, 2.05) is 27.7 Å². The van der Waals surface area contributed by atoms with Gasteiger partial charge in [-0.2, -0.15) is 4.98 Å². The number of anilines is 2. The monoisotopic (exact) mass is 379 g/mol. The van der Waals surface area contributed by atoms with Crippen molar-refractivity contribution >= 4 is 23.8 Å². The topological polar surface area (TPSA) is 117 Å². The number of carboxylic acids is 1. The maximum Gasteiger partial charge on any atom is 0.410 e. The van der Waals surface area contributed by atoms with Gasteiger partial charge >= 0.3 is 12.1 Å². The maximum atomic E-state index is 12.3. The molecule has 1 fully saturated rings. The van der Waals surface area contributed by atoms with Gasteiger partial charge in [-0.25, -0.2) is 14.6 Å². The minimum atomic E-state index is -1.10. The number of aromatic nitrogens is 2. The maximum absolute atomic E-state index is 12.3. The number of carbonyl (C=O) groups excluding carboxylic acids is 1. The Kier molecular flexibility index (Phi) is 6.81. The van der Waals surface area contributed by atoms with Crippen LogP contribution in [0.5, 0.6) is 0 Å². The Balaban J connectivity index is 2.10. The molecule has 9 heteroatoms. The van der Waals surface area contributed by atoms with Crippen molar-refractivity contribution in [3.63, 3.8) is 0 Å². The zero-order chi connectivity index (χ0) is 20.0. The Hall–Kier alpha value is -2.58. The minimum Gasteiger partial charge on any atom is -0.477 e. The third-order valence-corrected chi connectivity index (χ3v) is 3.97. The summed E-state index contributed by atoms with van der Waals surface area (Å²) in [5, 5.41) is 15.6. The Bertz CT molecular complexity index is 674. The molecule has 0 spiro atoms. The number of nitrogens with zero attached hydrogens (tertiary/aromatic N) is 3. The third-order valence-electron chi connectivity index (χ3n) is 3.97. The molecule has 1 atom stereocenters. The van der Waals surface area contributed by atoms with E-state index in [-0.39, 0.29) is 23.5 Å². The molecule has 0 aromatic carbocycles. The number of carboxylic acid groups (broad SMARTS) is 1. The fourth-order valence-electron chi connectivity index (χ4n) is 2.75. The van der Waals surface area contributed by atoms with Gasteiger partial charge in [-0.1, -0.05) is 6.92 Å². The molecule has 1 aromatic heterocycles. The molecule has 150 valence electrons. The van der Waals surface area contributed by atoms with Crippen LogP contribution in [-0.4, -0.2) is 63.3 Å². The summed E-state index contributed by atoms with van der Waals surface area (Å²) in [6.45, 7) is 9.24. The predicted octanol–water partition coefficient (Wildman–Crippen LogP) is 2.81. The molecule has 9 nitrogen and oxygen atoms in total. The fourth-order valence-corrected chi connectivity index (χ4v) is 2.75. The first kappa shape index (κ1) is 20.7. The van der Waals surface area contributed by atoms with Crippen molar-refractivity contribution in [2.24, 2.45) is 0 Å². The van der Waals surface area contributed by atoms with Crippen LogP contribution in [-0.2, 0) is 4.74 Å². The van der Waals surface area contributed by atoms with Crippen molar-refractivity contribution in [2.45, 2.75) is 58.6 Å². The molecule has 1 amide bonds. The van der Waals surface area contributed by atoms with E-state index >= 15 is 0 Å². The number of aromatic carboxylic acids is 1.